The topological polar surface area (TPSA) is 40.9 Å². The Kier molecular flexibility index (Phi) is 1.51. The van der Waals surface area contributed by atoms with Crippen LogP contribution in [-0.2, 0) is 16.1 Å². The number of fused-ring (bicyclic) bond motifs is 1. The molecule has 0 bridgehead atoms. The molecule has 0 fully saturated rings. The lowest BCUT2D eigenvalue weighted by Crippen LogP contribution is -1.95. The lowest BCUT2D eigenvalue weighted by molar-refractivity contribution is 0.677. The SMILES string of the molecule is Cc1ccc2c(c1)CCS2(=N)=O. The first-order valence-electron chi connectivity index (χ1n) is 3.96. The lowest BCUT2D eigenvalue weighted by Gasteiger charge is -2.00. The summed E-state index contributed by atoms with van der Waals surface area (Å²) in [6, 6.07) is 5.81. The van der Waals surface area contributed by atoms with E-state index in [1.807, 2.05) is 25.1 Å². The Balaban J connectivity index is 2.71. The molecule has 64 valence electrons. The minimum Gasteiger partial charge on any atom is -0.249 e. The van der Waals surface area contributed by atoms with Crippen molar-refractivity contribution in [1.82, 2.24) is 0 Å². The van der Waals surface area contributed by atoms with Crippen LogP contribution in [0.25, 0.3) is 0 Å². The Hall–Kier alpha value is -0.830. The highest BCUT2D eigenvalue weighted by molar-refractivity contribution is 7.92. The van der Waals surface area contributed by atoms with Crippen LogP contribution in [0.1, 0.15) is 11.1 Å². The molecule has 1 N–H and O–H groups in total. The number of aryl methyl sites for hydroxylation is 2. The van der Waals surface area contributed by atoms with E-state index >= 15 is 0 Å². The van der Waals surface area contributed by atoms with Gasteiger partial charge in [0.2, 0.25) is 0 Å². The van der Waals surface area contributed by atoms with Gasteiger partial charge in [0.1, 0.15) is 0 Å². The third-order valence-corrected chi connectivity index (χ3v) is 4.12. The first-order chi connectivity index (χ1) is 5.59. The smallest absolute Gasteiger partial charge is 0.0732 e. The van der Waals surface area contributed by atoms with Gasteiger partial charge in [0.15, 0.2) is 0 Å². The molecule has 0 aliphatic carbocycles. The van der Waals surface area contributed by atoms with Crippen molar-refractivity contribution in [2.24, 2.45) is 0 Å². The highest BCUT2D eigenvalue weighted by Gasteiger charge is 2.21. The van der Waals surface area contributed by atoms with E-state index in [-0.39, 0.29) is 0 Å². The molecule has 0 saturated heterocycles. The molecule has 0 spiro atoms. The zero-order chi connectivity index (χ0) is 8.77. The van der Waals surface area contributed by atoms with Gasteiger partial charge in [-0.1, -0.05) is 17.7 Å². The monoisotopic (exact) mass is 181 g/mol. The Morgan fingerprint density at radius 1 is 1.50 bits per heavy atom. The summed E-state index contributed by atoms with van der Waals surface area (Å²) < 4.78 is 19.2. The number of hydrogen-bond acceptors (Lipinski definition) is 2. The second-order valence-corrected chi connectivity index (χ2v) is 5.44. The molecule has 1 aliphatic rings. The fraction of sp³-hybridized carbons (Fsp3) is 0.333. The van der Waals surface area contributed by atoms with Crippen molar-refractivity contribution in [2.45, 2.75) is 18.2 Å². The maximum absolute atomic E-state index is 11.6. The Labute approximate surface area is 72.6 Å². The fourth-order valence-electron chi connectivity index (χ4n) is 1.59. The van der Waals surface area contributed by atoms with Gasteiger partial charge in [-0.2, -0.15) is 0 Å². The van der Waals surface area contributed by atoms with Gasteiger partial charge in [-0.25, -0.2) is 8.99 Å². The lowest BCUT2D eigenvalue weighted by atomic mass is 10.1. The van der Waals surface area contributed by atoms with E-state index in [1.54, 1.807) is 0 Å². The molecule has 1 aromatic rings. The molecule has 1 aromatic carbocycles. The van der Waals surface area contributed by atoms with Crippen LogP contribution in [0.5, 0.6) is 0 Å². The number of hydrogen-bond donors (Lipinski definition) is 1. The van der Waals surface area contributed by atoms with Gasteiger partial charge in [-0.3, -0.25) is 0 Å². The van der Waals surface area contributed by atoms with E-state index < -0.39 is 9.73 Å². The Bertz CT molecular complexity index is 420. The zero-order valence-corrected chi connectivity index (χ0v) is 7.78. The number of rotatable bonds is 0. The second kappa shape index (κ2) is 2.33. The van der Waals surface area contributed by atoms with Crippen LogP contribution in [0, 0.1) is 11.7 Å². The summed E-state index contributed by atoms with van der Waals surface area (Å²) in [5.74, 6) is 0.506. The standard InChI is InChI=1S/C9H11NOS/c1-7-2-3-9-8(6-7)4-5-12(9,10)11/h2-3,6,10H,4-5H2,1H3. The highest BCUT2D eigenvalue weighted by Crippen LogP contribution is 2.26. The zero-order valence-electron chi connectivity index (χ0n) is 6.96. The van der Waals surface area contributed by atoms with Crippen molar-refractivity contribution >= 4 is 9.73 Å². The van der Waals surface area contributed by atoms with Gasteiger partial charge in [0.05, 0.1) is 14.6 Å². The van der Waals surface area contributed by atoms with E-state index in [4.69, 9.17) is 4.78 Å². The quantitative estimate of drug-likeness (QED) is 0.653. The molecule has 12 heavy (non-hydrogen) atoms. The maximum atomic E-state index is 11.6. The molecule has 1 atom stereocenters. The normalized spacial score (nSPS) is 27.1. The fourth-order valence-corrected chi connectivity index (χ4v) is 3.19. The predicted octanol–water partition coefficient (Wildman–Crippen LogP) is 1.96. The third-order valence-electron chi connectivity index (χ3n) is 2.23. The van der Waals surface area contributed by atoms with E-state index in [1.165, 1.54) is 5.56 Å². The summed E-state index contributed by atoms with van der Waals surface area (Å²) in [6.07, 6.45) is 0.805. The molecule has 0 radical (unpaired) electrons. The van der Waals surface area contributed by atoms with Gasteiger partial charge in [0.25, 0.3) is 0 Å². The van der Waals surface area contributed by atoms with Gasteiger partial charge in [-0.05, 0) is 25.0 Å². The molecule has 1 unspecified atom stereocenters. The summed E-state index contributed by atoms with van der Waals surface area (Å²) >= 11 is 0. The van der Waals surface area contributed by atoms with Crippen molar-refractivity contribution in [3.8, 4) is 0 Å². The number of benzene rings is 1. The van der Waals surface area contributed by atoms with Crippen LogP contribution in [0.15, 0.2) is 23.1 Å². The van der Waals surface area contributed by atoms with Crippen molar-refractivity contribution in [1.29, 1.82) is 4.78 Å². The van der Waals surface area contributed by atoms with Crippen LogP contribution < -0.4 is 0 Å². The molecule has 2 rings (SSSR count). The number of nitrogens with one attached hydrogen (secondary N) is 1. The molecular formula is C9H11NOS. The molecule has 1 heterocycles. The largest absolute Gasteiger partial charge is 0.249 e. The van der Waals surface area contributed by atoms with Crippen LogP contribution >= 0.6 is 0 Å². The van der Waals surface area contributed by atoms with E-state index in [0.29, 0.717) is 5.75 Å². The predicted molar refractivity (Wildman–Crippen MR) is 48.9 cm³/mol. The Morgan fingerprint density at radius 2 is 2.25 bits per heavy atom. The average molecular weight is 181 g/mol. The van der Waals surface area contributed by atoms with Gasteiger partial charge in [0, 0.05) is 5.75 Å². The van der Waals surface area contributed by atoms with E-state index in [2.05, 4.69) is 0 Å². The van der Waals surface area contributed by atoms with E-state index in [9.17, 15) is 4.21 Å². The van der Waals surface area contributed by atoms with Crippen molar-refractivity contribution in [2.75, 3.05) is 5.75 Å². The average Bonchev–Trinajstić information content (AvgIpc) is 2.27. The first kappa shape index (κ1) is 7.80. The molecule has 3 heteroatoms. The van der Waals surface area contributed by atoms with Crippen LogP contribution in [0.3, 0.4) is 0 Å². The second-order valence-electron chi connectivity index (χ2n) is 3.24. The van der Waals surface area contributed by atoms with Gasteiger partial charge < -0.3 is 0 Å². The van der Waals surface area contributed by atoms with Gasteiger partial charge in [-0.15, -0.1) is 0 Å². The highest BCUT2D eigenvalue weighted by atomic mass is 32.2. The van der Waals surface area contributed by atoms with E-state index in [0.717, 1.165) is 16.9 Å². The Morgan fingerprint density at radius 3 is 3.00 bits per heavy atom. The van der Waals surface area contributed by atoms with Crippen molar-refractivity contribution in [3.63, 3.8) is 0 Å². The third kappa shape index (κ3) is 1.05. The molecule has 1 aliphatic heterocycles. The van der Waals surface area contributed by atoms with Crippen LogP contribution in [0.4, 0.5) is 0 Å². The summed E-state index contributed by atoms with van der Waals surface area (Å²) in [7, 11) is -2.42. The van der Waals surface area contributed by atoms with Crippen molar-refractivity contribution < 1.29 is 4.21 Å². The molecular weight excluding hydrogens is 170 g/mol. The summed E-state index contributed by atoms with van der Waals surface area (Å²) in [5, 5.41) is 0. The molecule has 2 nitrogen and oxygen atoms in total. The molecule has 0 saturated carbocycles. The van der Waals surface area contributed by atoms with Crippen molar-refractivity contribution in [3.05, 3.63) is 29.3 Å². The minimum absolute atomic E-state index is 0.506. The van der Waals surface area contributed by atoms with Gasteiger partial charge >= 0.3 is 0 Å². The maximum Gasteiger partial charge on any atom is 0.0732 e. The molecule has 0 amide bonds. The van der Waals surface area contributed by atoms with Crippen LogP contribution in [-0.4, -0.2) is 9.96 Å². The summed E-state index contributed by atoms with van der Waals surface area (Å²) in [5.41, 5.74) is 2.29. The summed E-state index contributed by atoms with van der Waals surface area (Å²) in [4.78, 5) is 0.758. The molecule has 0 aromatic heterocycles. The van der Waals surface area contributed by atoms with Crippen LogP contribution in [0.2, 0.25) is 0 Å². The summed E-state index contributed by atoms with van der Waals surface area (Å²) in [6.45, 7) is 2.02. The minimum atomic E-state index is -2.42. The first-order valence-corrected chi connectivity index (χ1v) is 5.68.